The normalized spacial score (nSPS) is 20.6. The molecule has 5 heterocycles. The van der Waals surface area contributed by atoms with E-state index in [-0.39, 0.29) is 43.1 Å². The number of imide groups is 1. The average Bonchev–Trinajstić information content (AvgIpc) is 4.02. The number of hydrogen-bond acceptors (Lipinski definition) is 11. The number of fused-ring (bicyclic) bond motifs is 2. The smallest absolute Gasteiger partial charge is 0.255 e. The quantitative estimate of drug-likeness (QED) is 0.0927. The summed E-state index contributed by atoms with van der Waals surface area (Å²) in [4.78, 5) is 64.1. The number of anilines is 1. The molecule has 2 unspecified atom stereocenters. The minimum absolute atomic E-state index is 0.0604. The Balaban J connectivity index is 0.737. The first-order valence-electron chi connectivity index (χ1n) is 21.5. The summed E-state index contributed by atoms with van der Waals surface area (Å²) in [6.45, 7) is 6.18. The molecule has 3 atom stereocenters. The Kier molecular flexibility index (Phi) is 12.4. The first-order chi connectivity index (χ1) is 31.3. The number of halogens is 3. The third-order valence-corrected chi connectivity index (χ3v) is 14.4. The van der Waals surface area contributed by atoms with Gasteiger partial charge in [-0.2, -0.15) is 0 Å². The largest absolute Gasteiger partial charge is 0.492 e. The first kappa shape index (κ1) is 43.9. The monoisotopic (exact) mass is 913 g/mol. The maximum Gasteiger partial charge on any atom is 0.255 e. The number of rotatable bonds is 15. The number of ketones is 1. The van der Waals surface area contributed by atoms with Crippen LogP contribution in [0.15, 0.2) is 73.1 Å². The summed E-state index contributed by atoms with van der Waals surface area (Å²) < 4.78 is 84.4. The zero-order valence-corrected chi connectivity index (χ0v) is 36.0. The molecule has 2 saturated heterocycles. The van der Waals surface area contributed by atoms with Crippen LogP contribution in [0.1, 0.15) is 63.9 Å². The molecule has 340 valence electrons. The van der Waals surface area contributed by atoms with Gasteiger partial charge in [-0.3, -0.25) is 39.0 Å². The van der Waals surface area contributed by atoms with Gasteiger partial charge in [0.25, 0.3) is 5.91 Å². The molecule has 9 rings (SSSR count). The summed E-state index contributed by atoms with van der Waals surface area (Å²) in [5.74, 6) is -3.21. The molecule has 3 N–H and O–H groups in total. The fraction of sp³-hybridized carbons (Fsp3) is 0.370. The summed E-state index contributed by atoms with van der Waals surface area (Å²) in [5.41, 5.74) is 1.45. The maximum absolute atomic E-state index is 15.7. The number of pyridine rings is 1. The van der Waals surface area contributed by atoms with E-state index in [1.54, 1.807) is 24.4 Å². The number of hydrogen-bond donors (Lipinski definition) is 3. The lowest BCUT2D eigenvalue weighted by Gasteiger charge is -2.34. The van der Waals surface area contributed by atoms with Crippen LogP contribution in [0.2, 0.25) is 0 Å². The number of ether oxygens (including phenoxy) is 2. The molecule has 1 aliphatic carbocycles. The molecule has 3 aliphatic heterocycles. The second-order valence-corrected chi connectivity index (χ2v) is 18.7. The summed E-state index contributed by atoms with van der Waals surface area (Å²) in [5, 5.41) is 1.56. The van der Waals surface area contributed by atoms with Gasteiger partial charge in [0.15, 0.2) is 5.82 Å². The van der Waals surface area contributed by atoms with Crippen LogP contribution in [0.25, 0.3) is 22.2 Å². The number of H-pyrrole nitrogens is 1. The van der Waals surface area contributed by atoms with Crippen LogP contribution in [0, 0.1) is 11.6 Å². The minimum atomic E-state index is -4.19. The number of aromatic amines is 1. The van der Waals surface area contributed by atoms with Crippen LogP contribution in [0.4, 0.5) is 18.9 Å². The summed E-state index contributed by atoms with van der Waals surface area (Å²) in [6, 6.07) is 15.4. The number of aromatic nitrogens is 2. The van der Waals surface area contributed by atoms with Crippen molar-refractivity contribution in [3.05, 3.63) is 107 Å². The molecule has 0 radical (unpaired) electrons. The van der Waals surface area contributed by atoms with Crippen molar-refractivity contribution in [2.75, 3.05) is 57.2 Å². The van der Waals surface area contributed by atoms with Gasteiger partial charge in [-0.05, 0) is 85.3 Å². The highest BCUT2D eigenvalue weighted by atomic mass is 32.2. The van der Waals surface area contributed by atoms with Gasteiger partial charge >= 0.3 is 0 Å². The van der Waals surface area contributed by atoms with E-state index in [0.717, 1.165) is 62.5 Å². The minimum Gasteiger partial charge on any atom is -0.492 e. The molecule has 65 heavy (non-hydrogen) atoms. The standard InChI is InChI=1S/C46H46F3N7O8S/c47-30-3-7-33(23-30)65(61,62)53-38-10-9-37(48)41(42(38)49)43(58)36-25-51-44-35(36)22-28(24-50-44)27-1-4-31(5-2-27)63-19-17-54-13-15-55(16-14-54)18-20-64-32-6-8-34-29(21-32)26-56(46(34)60)39-11-12-40(57)52-45(39)59/h1-2,4-6,8-10,21-22,24-25,30,33,39,53H,3,7,11-20,23,26H2,(H,50,51)(H,52,57,59)/t30-,33?,39?/m1/s1. The van der Waals surface area contributed by atoms with Crippen molar-refractivity contribution in [3.8, 4) is 22.6 Å². The Morgan fingerprint density at radius 3 is 2.26 bits per heavy atom. The number of alkyl halides is 1. The van der Waals surface area contributed by atoms with E-state index in [0.29, 0.717) is 59.8 Å². The number of piperazine rings is 1. The second-order valence-electron chi connectivity index (χ2n) is 16.7. The zero-order valence-electron chi connectivity index (χ0n) is 35.2. The zero-order chi connectivity index (χ0) is 45.4. The lowest BCUT2D eigenvalue weighted by atomic mass is 10.00. The number of carbonyl (C=O) groups excluding carboxylic acids is 4. The summed E-state index contributed by atoms with van der Waals surface area (Å²) >= 11 is 0. The molecule has 0 spiro atoms. The summed E-state index contributed by atoms with van der Waals surface area (Å²) in [6.07, 6.45) is 2.05. The first-order valence-corrected chi connectivity index (χ1v) is 23.1. The number of nitrogens with one attached hydrogen (secondary N) is 3. The number of nitrogens with zero attached hydrogens (tertiary/aromatic N) is 4. The van der Waals surface area contributed by atoms with Gasteiger partial charge in [0.2, 0.25) is 27.6 Å². The van der Waals surface area contributed by atoms with E-state index >= 15 is 8.78 Å². The number of sulfonamides is 1. The Labute approximate surface area is 372 Å². The lowest BCUT2D eigenvalue weighted by molar-refractivity contribution is -0.136. The Morgan fingerprint density at radius 1 is 0.862 bits per heavy atom. The highest BCUT2D eigenvalue weighted by Gasteiger charge is 2.39. The highest BCUT2D eigenvalue weighted by molar-refractivity contribution is 7.93. The molecule has 2 aromatic heterocycles. The Hall–Kier alpha value is -6.31. The molecule has 3 amide bonds. The van der Waals surface area contributed by atoms with Crippen LogP contribution < -0.4 is 19.5 Å². The molecule has 0 bridgehead atoms. The van der Waals surface area contributed by atoms with Gasteiger partial charge in [-0.15, -0.1) is 0 Å². The molecule has 19 heteroatoms. The molecule has 5 aromatic rings. The fourth-order valence-electron chi connectivity index (χ4n) is 8.94. The van der Waals surface area contributed by atoms with E-state index in [9.17, 15) is 32.0 Å². The molecule has 3 aromatic carbocycles. The SMILES string of the molecule is O=C1CCC(N2Cc3cc(OCCN4CCN(CCOc5ccc(-c6cnc7[nH]cc(C(=O)c8c(F)ccc(NS(=O)(=O)C9CC[C@@H](F)C9)c8F)c7c6)cc5)CC4)ccc3C2=O)C(=O)N1. The predicted octanol–water partition coefficient (Wildman–Crippen LogP) is 5.21. The van der Waals surface area contributed by atoms with E-state index < -0.39 is 62.1 Å². The maximum atomic E-state index is 15.7. The topological polar surface area (TPSA) is 183 Å². The predicted molar refractivity (Wildman–Crippen MR) is 233 cm³/mol. The van der Waals surface area contributed by atoms with Gasteiger partial charge in [0.1, 0.15) is 48.4 Å². The third-order valence-electron chi connectivity index (χ3n) is 12.6. The average molecular weight is 914 g/mol. The summed E-state index contributed by atoms with van der Waals surface area (Å²) in [7, 11) is -4.19. The number of piperidine rings is 1. The molecule has 4 aliphatic rings. The second kappa shape index (κ2) is 18.3. The molecule has 3 fully saturated rings. The van der Waals surface area contributed by atoms with Gasteiger partial charge in [-0.1, -0.05) is 12.1 Å². The number of benzene rings is 3. The van der Waals surface area contributed by atoms with Crippen LogP contribution in [0.3, 0.4) is 0 Å². The lowest BCUT2D eigenvalue weighted by Crippen LogP contribution is -2.52. The van der Waals surface area contributed by atoms with E-state index in [1.165, 1.54) is 11.1 Å². The Bertz CT molecular complexity index is 2780. The van der Waals surface area contributed by atoms with Crippen LogP contribution >= 0.6 is 0 Å². The van der Waals surface area contributed by atoms with Crippen LogP contribution in [-0.4, -0.2) is 127 Å². The molecule has 15 nitrogen and oxygen atoms in total. The van der Waals surface area contributed by atoms with E-state index in [4.69, 9.17) is 9.47 Å². The van der Waals surface area contributed by atoms with Crippen molar-refractivity contribution in [2.24, 2.45) is 0 Å². The molecular weight excluding hydrogens is 868 g/mol. The van der Waals surface area contributed by atoms with Crippen LogP contribution in [-0.2, 0) is 26.2 Å². The highest BCUT2D eigenvalue weighted by Crippen LogP contribution is 2.34. The number of amides is 3. The van der Waals surface area contributed by atoms with Crippen LogP contribution in [0.5, 0.6) is 11.5 Å². The van der Waals surface area contributed by atoms with E-state index in [1.807, 2.05) is 30.3 Å². The van der Waals surface area contributed by atoms with Crippen molar-refractivity contribution in [2.45, 2.75) is 56.1 Å². The molecule has 1 saturated carbocycles. The van der Waals surface area contributed by atoms with Crippen molar-refractivity contribution in [3.63, 3.8) is 0 Å². The Morgan fingerprint density at radius 2 is 1.57 bits per heavy atom. The van der Waals surface area contributed by atoms with Crippen molar-refractivity contribution in [1.82, 2.24) is 30.0 Å². The van der Waals surface area contributed by atoms with Gasteiger partial charge in [-0.25, -0.2) is 26.6 Å². The van der Waals surface area contributed by atoms with Crippen molar-refractivity contribution < 1.29 is 50.2 Å². The van der Waals surface area contributed by atoms with Gasteiger partial charge in [0, 0.05) is 86.7 Å². The number of carbonyl (C=O) groups is 4. The van der Waals surface area contributed by atoms with Gasteiger partial charge in [0.05, 0.1) is 16.5 Å². The van der Waals surface area contributed by atoms with E-state index in [2.05, 4.69) is 29.8 Å². The van der Waals surface area contributed by atoms with Gasteiger partial charge < -0.3 is 19.4 Å². The fourth-order valence-corrected chi connectivity index (χ4v) is 10.5. The molecular formula is C46H46F3N7O8S. The van der Waals surface area contributed by atoms with Crippen molar-refractivity contribution in [1.29, 1.82) is 0 Å². The van der Waals surface area contributed by atoms with Crippen molar-refractivity contribution >= 4 is 50.2 Å². The third kappa shape index (κ3) is 9.30.